The number of amides is 1. The number of hydrogen-bond acceptors (Lipinski definition) is 4. The smallest absolute Gasteiger partial charge is 0.224 e. The second kappa shape index (κ2) is 9.07. The summed E-state index contributed by atoms with van der Waals surface area (Å²) < 4.78 is 0. The predicted octanol–water partition coefficient (Wildman–Crippen LogP) is 2.94. The fraction of sp³-hybridized carbons (Fsp3) is 0.682. The maximum absolute atomic E-state index is 12.3. The monoisotopic (exact) mass is 370 g/mol. The van der Waals surface area contributed by atoms with Gasteiger partial charge in [-0.15, -0.1) is 0 Å². The van der Waals surface area contributed by atoms with Gasteiger partial charge in [0.25, 0.3) is 0 Å². The minimum Gasteiger partial charge on any atom is -0.369 e. The third-order valence-corrected chi connectivity index (χ3v) is 6.32. The van der Waals surface area contributed by atoms with Gasteiger partial charge in [-0.05, 0) is 75.2 Å². The highest BCUT2D eigenvalue weighted by molar-refractivity contribution is 5.91. The van der Waals surface area contributed by atoms with E-state index in [1.165, 1.54) is 37.9 Å². The Labute approximate surface area is 163 Å². The van der Waals surface area contributed by atoms with Crippen molar-refractivity contribution in [2.75, 3.05) is 56.0 Å². The van der Waals surface area contributed by atoms with Gasteiger partial charge in [-0.25, -0.2) is 0 Å². The van der Waals surface area contributed by atoms with Gasteiger partial charge in [0.1, 0.15) is 0 Å². The third-order valence-electron chi connectivity index (χ3n) is 6.32. The molecule has 4 rings (SSSR count). The first-order valence-corrected chi connectivity index (χ1v) is 10.8. The van der Waals surface area contributed by atoms with Gasteiger partial charge in [-0.3, -0.25) is 9.69 Å². The van der Waals surface area contributed by atoms with Crippen molar-refractivity contribution in [1.82, 2.24) is 10.2 Å². The van der Waals surface area contributed by atoms with Gasteiger partial charge in [-0.2, -0.15) is 0 Å². The summed E-state index contributed by atoms with van der Waals surface area (Å²) in [4.78, 5) is 17.4. The van der Waals surface area contributed by atoms with Crippen LogP contribution in [0.1, 0.15) is 38.5 Å². The van der Waals surface area contributed by atoms with E-state index in [9.17, 15) is 4.79 Å². The Kier molecular flexibility index (Phi) is 6.30. The van der Waals surface area contributed by atoms with E-state index in [1.807, 2.05) is 6.07 Å². The van der Waals surface area contributed by atoms with Crippen LogP contribution >= 0.6 is 0 Å². The lowest BCUT2D eigenvalue weighted by atomic mass is 9.93. The molecule has 1 saturated carbocycles. The normalized spacial score (nSPS) is 22.0. The second-order valence-corrected chi connectivity index (χ2v) is 8.56. The number of piperazine rings is 1. The molecule has 1 amide bonds. The lowest BCUT2D eigenvalue weighted by Gasteiger charge is -2.36. The molecule has 3 fully saturated rings. The maximum Gasteiger partial charge on any atom is 0.224 e. The lowest BCUT2D eigenvalue weighted by Crippen LogP contribution is -2.47. The predicted molar refractivity (Wildman–Crippen MR) is 111 cm³/mol. The van der Waals surface area contributed by atoms with E-state index in [-0.39, 0.29) is 5.91 Å². The molecule has 27 heavy (non-hydrogen) atoms. The fourth-order valence-corrected chi connectivity index (χ4v) is 4.36. The molecule has 2 aliphatic heterocycles. The highest BCUT2D eigenvalue weighted by Crippen LogP contribution is 2.30. The minimum absolute atomic E-state index is 0.153. The van der Waals surface area contributed by atoms with Crippen LogP contribution < -0.4 is 15.5 Å². The topological polar surface area (TPSA) is 47.6 Å². The van der Waals surface area contributed by atoms with E-state index < -0.39 is 0 Å². The molecule has 3 aliphatic rings. The first-order chi connectivity index (χ1) is 13.3. The fourth-order valence-electron chi connectivity index (χ4n) is 4.36. The van der Waals surface area contributed by atoms with E-state index in [0.29, 0.717) is 12.3 Å². The molecule has 148 valence electrons. The minimum atomic E-state index is 0.153. The van der Waals surface area contributed by atoms with Gasteiger partial charge >= 0.3 is 0 Å². The summed E-state index contributed by atoms with van der Waals surface area (Å²) >= 11 is 0. The van der Waals surface area contributed by atoms with Crippen molar-refractivity contribution in [3.05, 3.63) is 24.3 Å². The van der Waals surface area contributed by atoms with Crippen LogP contribution in [0.15, 0.2) is 24.3 Å². The Balaban J connectivity index is 1.24. The van der Waals surface area contributed by atoms with Crippen molar-refractivity contribution in [1.29, 1.82) is 0 Å². The number of rotatable bonds is 7. The summed E-state index contributed by atoms with van der Waals surface area (Å²) in [5.41, 5.74) is 2.17. The first-order valence-electron chi connectivity index (χ1n) is 10.8. The van der Waals surface area contributed by atoms with Crippen molar-refractivity contribution >= 4 is 17.3 Å². The van der Waals surface area contributed by atoms with Gasteiger partial charge in [0, 0.05) is 50.5 Å². The zero-order valence-electron chi connectivity index (χ0n) is 16.5. The van der Waals surface area contributed by atoms with Gasteiger partial charge in [-0.1, -0.05) is 6.07 Å². The van der Waals surface area contributed by atoms with Crippen LogP contribution in [0, 0.1) is 11.8 Å². The highest BCUT2D eigenvalue weighted by Gasteiger charge is 2.26. The zero-order chi connectivity index (χ0) is 18.5. The number of nitrogens with zero attached hydrogens (tertiary/aromatic N) is 2. The van der Waals surface area contributed by atoms with Crippen molar-refractivity contribution < 1.29 is 4.79 Å². The molecule has 0 radical (unpaired) electrons. The van der Waals surface area contributed by atoms with Crippen LogP contribution in [0.25, 0.3) is 0 Å². The Morgan fingerprint density at radius 3 is 2.56 bits per heavy atom. The van der Waals surface area contributed by atoms with Crippen LogP contribution in [0.2, 0.25) is 0 Å². The van der Waals surface area contributed by atoms with E-state index in [1.54, 1.807) is 0 Å². The second-order valence-electron chi connectivity index (χ2n) is 8.56. The van der Waals surface area contributed by atoms with Gasteiger partial charge in [0.2, 0.25) is 5.91 Å². The summed E-state index contributed by atoms with van der Waals surface area (Å²) in [6.45, 7) is 7.97. The average molecular weight is 371 g/mol. The van der Waals surface area contributed by atoms with E-state index in [4.69, 9.17) is 0 Å². The molecule has 0 unspecified atom stereocenters. The number of anilines is 2. The van der Waals surface area contributed by atoms with Crippen molar-refractivity contribution in [3.63, 3.8) is 0 Å². The van der Waals surface area contributed by atoms with Gasteiger partial charge in [0.05, 0.1) is 0 Å². The molecule has 5 nitrogen and oxygen atoms in total. The largest absolute Gasteiger partial charge is 0.369 e. The van der Waals surface area contributed by atoms with Crippen LogP contribution in [-0.2, 0) is 4.79 Å². The highest BCUT2D eigenvalue weighted by atomic mass is 16.1. The number of piperidine rings is 1. The molecule has 0 bridgehead atoms. The van der Waals surface area contributed by atoms with Crippen LogP contribution in [0.5, 0.6) is 0 Å². The summed E-state index contributed by atoms with van der Waals surface area (Å²) in [7, 11) is 0. The summed E-state index contributed by atoms with van der Waals surface area (Å²) in [5.74, 6) is 1.83. The molecule has 1 aromatic rings. The molecular formula is C22H34N4O. The molecule has 0 atom stereocenters. The van der Waals surface area contributed by atoms with E-state index in [0.717, 1.165) is 57.3 Å². The first kappa shape index (κ1) is 18.8. The van der Waals surface area contributed by atoms with Crippen molar-refractivity contribution in [3.8, 4) is 0 Å². The van der Waals surface area contributed by atoms with Crippen LogP contribution in [0.4, 0.5) is 11.4 Å². The molecule has 1 aliphatic carbocycles. The number of benzene rings is 1. The Morgan fingerprint density at radius 1 is 1.04 bits per heavy atom. The lowest BCUT2D eigenvalue weighted by molar-refractivity contribution is -0.116. The Hall–Kier alpha value is -1.59. The zero-order valence-corrected chi connectivity index (χ0v) is 16.5. The quantitative estimate of drug-likeness (QED) is 0.775. The molecule has 0 spiro atoms. The van der Waals surface area contributed by atoms with Crippen LogP contribution in [0.3, 0.4) is 0 Å². The van der Waals surface area contributed by atoms with Crippen LogP contribution in [-0.4, -0.2) is 56.6 Å². The molecule has 1 aromatic carbocycles. The number of carbonyl (C=O) groups excluding carboxylic acids is 1. The Bertz CT molecular complexity index is 616. The maximum atomic E-state index is 12.3. The molecule has 5 heteroatoms. The summed E-state index contributed by atoms with van der Waals surface area (Å²) in [6, 6.07) is 8.38. The van der Waals surface area contributed by atoms with E-state index in [2.05, 4.69) is 38.6 Å². The third kappa shape index (κ3) is 5.69. The Morgan fingerprint density at radius 2 is 1.81 bits per heavy atom. The average Bonchev–Trinajstić information content (AvgIpc) is 3.52. The SMILES string of the molecule is O=C(CCC1CCNCC1)Nc1cccc(N2CCN(CC3CC3)CC2)c1. The standard InChI is InChI=1S/C22H34N4O/c27-22(7-6-18-8-10-23-11-9-18)24-20-2-1-3-21(16-20)26-14-12-25(13-15-26)17-19-4-5-19/h1-3,16,18-19,23H,4-15,17H2,(H,24,27). The van der Waals surface area contributed by atoms with Gasteiger partial charge < -0.3 is 15.5 Å². The van der Waals surface area contributed by atoms with Crippen molar-refractivity contribution in [2.24, 2.45) is 11.8 Å². The molecule has 2 saturated heterocycles. The molecule has 2 N–H and O–H groups in total. The molecular weight excluding hydrogens is 336 g/mol. The molecule has 2 heterocycles. The van der Waals surface area contributed by atoms with E-state index >= 15 is 0 Å². The molecule has 0 aromatic heterocycles. The summed E-state index contributed by atoms with van der Waals surface area (Å²) in [6.07, 6.45) is 6.91. The number of hydrogen-bond donors (Lipinski definition) is 2. The van der Waals surface area contributed by atoms with Gasteiger partial charge in [0.15, 0.2) is 0 Å². The summed E-state index contributed by atoms with van der Waals surface area (Å²) in [5, 5.41) is 6.50. The van der Waals surface area contributed by atoms with Crippen molar-refractivity contribution in [2.45, 2.75) is 38.5 Å². The number of carbonyl (C=O) groups is 1. The number of nitrogens with one attached hydrogen (secondary N) is 2.